The molecule has 0 spiro atoms. The molecule has 5 aromatic rings. The molecule has 0 aliphatic carbocycles. The van der Waals surface area contributed by atoms with Crippen LogP contribution in [-0.2, 0) is 6.54 Å². The van der Waals surface area contributed by atoms with Crippen LogP contribution in [0.15, 0.2) is 42.5 Å². The van der Waals surface area contributed by atoms with Gasteiger partial charge >= 0.3 is 0 Å². The van der Waals surface area contributed by atoms with Crippen LogP contribution < -0.4 is 5.32 Å². The summed E-state index contributed by atoms with van der Waals surface area (Å²) in [7, 11) is 0. The van der Waals surface area contributed by atoms with Crippen LogP contribution in [0, 0.1) is 0 Å². The number of aromatic hydroxyl groups is 1. The van der Waals surface area contributed by atoms with Crippen molar-refractivity contribution in [2.45, 2.75) is 6.54 Å². The fourth-order valence-electron chi connectivity index (χ4n) is 4.23. The topological polar surface area (TPSA) is 80.9 Å². The molecule has 1 aliphatic rings. The maximum absolute atomic E-state index is 12.6. The number of carbonyl (C=O) groups excluding carboxylic acids is 1. The summed E-state index contributed by atoms with van der Waals surface area (Å²) < 4.78 is 0. The van der Waals surface area contributed by atoms with E-state index in [9.17, 15) is 9.90 Å². The molecule has 120 valence electrons. The zero-order valence-corrected chi connectivity index (χ0v) is 13.1. The summed E-state index contributed by atoms with van der Waals surface area (Å²) in [6, 6.07) is 13.3. The Kier molecular flexibility index (Phi) is 2.13. The lowest BCUT2D eigenvalue weighted by Gasteiger charge is -2.04. The molecule has 0 saturated carbocycles. The van der Waals surface area contributed by atoms with E-state index in [2.05, 4.69) is 15.3 Å². The van der Waals surface area contributed by atoms with Gasteiger partial charge in [-0.15, -0.1) is 0 Å². The van der Waals surface area contributed by atoms with Crippen LogP contribution >= 0.6 is 0 Å². The van der Waals surface area contributed by atoms with Crippen LogP contribution in [0.3, 0.4) is 0 Å². The van der Waals surface area contributed by atoms with Gasteiger partial charge in [-0.3, -0.25) is 4.79 Å². The van der Waals surface area contributed by atoms with Crippen molar-refractivity contribution in [1.82, 2.24) is 15.3 Å². The quantitative estimate of drug-likeness (QED) is 0.348. The molecule has 4 N–H and O–H groups in total. The fraction of sp³-hybridized carbons (Fsp3) is 0.0500. The number of rotatable bonds is 0. The third-order valence-corrected chi connectivity index (χ3v) is 5.24. The highest BCUT2D eigenvalue weighted by Crippen LogP contribution is 2.42. The first-order valence-corrected chi connectivity index (χ1v) is 8.20. The number of aromatic amines is 2. The van der Waals surface area contributed by atoms with E-state index < -0.39 is 0 Å². The van der Waals surface area contributed by atoms with Crippen LogP contribution in [0.4, 0.5) is 0 Å². The summed E-state index contributed by atoms with van der Waals surface area (Å²) in [6.45, 7) is 0.503. The minimum Gasteiger partial charge on any atom is -0.508 e. The average molecular weight is 327 g/mol. The minimum absolute atomic E-state index is 0.0406. The minimum atomic E-state index is -0.0406. The molecule has 5 nitrogen and oxygen atoms in total. The monoisotopic (exact) mass is 327 g/mol. The average Bonchev–Trinajstić information content (AvgIpc) is 3.27. The van der Waals surface area contributed by atoms with Gasteiger partial charge in [-0.05, 0) is 29.8 Å². The molecule has 25 heavy (non-hydrogen) atoms. The Morgan fingerprint density at radius 2 is 1.64 bits per heavy atom. The molecular weight excluding hydrogens is 314 g/mol. The number of phenols is 1. The summed E-state index contributed by atoms with van der Waals surface area (Å²) in [6.07, 6.45) is 0. The maximum Gasteiger partial charge on any atom is 0.252 e. The number of amides is 1. The molecule has 2 aromatic heterocycles. The van der Waals surface area contributed by atoms with E-state index in [1.807, 2.05) is 30.3 Å². The molecule has 0 fully saturated rings. The lowest BCUT2D eigenvalue weighted by Crippen LogP contribution is -2.12. The van der Waals surface area contributed by atoms with Gasteiger partial charge in [0.15, 0.2) is 0 Å². The summed E-state index contributed by atoms with van der Waals surface area (Å²) in [5, 5.41) is 16.8. The van der Waals surface area contributed by atoms with Gasteiger partial charge in [0.1, 0.15) is 5.75 Å². The Balaban J connectivity index is 1.99. The van der Waals surface area contributed by atoms with E-state index in [0.29, 0.717) is 6.54 Å². The molecule has 3 heterocycles. The van der Waals surface area contributed by atoms with Crippen LogP contribution in [-0.4, -0.2) is 21.0 Å². The lowest BCUT2D eigenvalue weighted by molar-refractivity contribution is 0.0967. The van der Waals surface area contributed by atoms with Crippen molar-refractivity contribution in [2.75, 3.05) is 0 Å². The van der Waals surface area contributed by atoms with E-state index in [4.69, 9.17) is 0 Å². The molecule has 6 rings (SSSR count). The predicted octanol–water partition coefficient (Wildman–Crippen LogP) is 3.90. The Morgan fingerprint density at radius 3 is 2.52 bits per heavy atom. The Morgan fingerprint density at radius 1 is 0.880 bits per heavy atom. The molecule has 3 aromatic carbocycles. The number of nitrogens with one attached hydrogen (secondary N) is 3. The standard InChI is InChI=1S/C20H13N3O2/c24-9-5-6-14-11(7-9)15-12-8-21-20(25)17(12)16-10-3-1-2-4-13(10)22-19(16)18(15)23-14/h1-7,22-24H,8H2,(H,21,25). The van der Waals surface area contributed by atoms with E-state index in [-0.39, 0.29) is 11.7 Å². The third-order valence-electron chi connectivity index (χ3n) is 5.24. The zero-order valence-electron chi connectivity index (χ0n) is 13.1. The number of fused-ring (bicyclic) bond motifs is 10. The summed E-state index contributed by atoms with van der Waals surface area (Å²) in [4.78, 5) is 19.6. The van der Waals surface area contributed by atoms with Gasteiger partial charge in [-0.1, -0.05) is 18.2 Å². The van der Waals surface area contributed by atoms with Crippen molar-refractivity contribution in [3.63, 3.8) is 0 Å². The number of hydrogen-bond donors (Lipinski definition) is 4. The van der Waals surface area contributed by atoms with Gasteiger partial charge in [0.25, 0.3) is 5.91 Å². The number of aromatic nitrogens is 2. The number of benzene rings is 3. The molecule has 1 aliphatic heterocycles. The Bertz CT molecular complexity index is 1370. The first-order chi connectivity index (χ1) is 12.2. The summed E-state index contributed by atoms with van der Waals surface area (Å²) >= 11 is 0. The second kappa shape index (κ2) is 4.13. The van der Waals surface area contributed by atoms with Crippen LogP contribution in [0.5, 0.6) is 5.75 Å². The summed E-state index contributed by atoms with van der Waals surface area (Å²) in [5.41, 5.74) is 5.59. The van der Waals surface area contributed by atoms with Gasteiger partial charge in [0.05, 0.1) is 16.6 Å². The first-order valence-electron chi connectivity index (χ1n) is 8.20. The van der Waals surface area contributed by atoms with E-state index in [1.165, 1.54) is 0 Å². The van der Waals surface area contributed by atoms with Crippen molar-refractivity contribution in [3.8, 4) is 5.75 Å². The SMILES string of the molecule is O=C1NCc2c1c1c3ccccc3[nH]c1c1[nH]c3ccc(O)cc3c21. The number of carbonyl (C=O) groups is 1. The van der Waals surface area contributed by atoms with Gasteiger partial charge in [-0.2, -0.15) is 0 Å². The Hall–Kier alpha value is -3.47. The van der Waals surface area contributed by atoms with Gasteiger partial charge in [0, 0.05) is 39.1 Å². The van der Waals surface area contributed by atoms with E-state index >= 15 is 0 Å². The smallest absolute Gasteiger partial charge is 0.252 e. The third kappa shape index (κ3) is 1.46. The van der Waals surface area contributed by atoms with Crippen molar-refractivity contribution in [1.29, 1.82) is 0 Å². The van der Waals surface area contributed by atoms with Gasteiger partial charge < -0.3 is 20.4 Å². The fourth-order valence-corrected chi connectivity index (χ4v) is 4.23. The molecule has 0 radical (unpaired) electrons. The van der Waals surface area contributed by atoms with Gasteiger partial charge in [0.2, 0.25) is 0 Å². The number of hydrogen-bond acceptors (Lipinski definition) is 2. The number of phenolic OH excluding ortho intramolecular Hbond substituents is 1. The van der Waals surface area contributed by atoms with E-state index in [1.54, 1.807) is 12.1 Å². The first kappa shape index (κ1) is 12.9. The second-order valence-electron chi connectivity index (χ2n) is 6.56. The van der Waals surface area contributed by atoms with Crippen molar-refractivity contribution in [3.05, 3.63) is 53.6 Å². The Labute approximate surface area is 141 Å². The van der Waals surface area contributed by atoms with Crippen molar-refractivity contribution >= 4 is 49.5 Å². The number of H-pyrrole nitrogens is 2. The van der Waals surface area contributed by atoms with Crippen LogP contribution in [0.1, 0.15) is 15.9 Å². The highest BCUT2D eigenvalue weighted by Gasteiger charge is 2.29. The number of para-hydroxylation sites is 1. The van der Waals surface area contributed by atoms with Crippen molar-refractivity contribution in [2.24, 2.45) is 0 Å². The highest BCUT2D eigenvalue weighted by atomic mass is 16.3. The molecular formula is C20H13N3O2. The van der Waals surface area contributed by atoms with Crippen molar-refractivity contribution < 1.29 is 9.90 Å². The summed E-state index contributed by atoms with van der Waals surface area (Å²) in [5.74, 6) is 0.178. The van der Waals surface area contributed by atoms with Crippen LogP contribution in [0.2, 0.25) is 0 Å². The second-order valence-corrected chi connectivity index (χ2v) is 6.56. The van der Waals surface area contributed by atoms with Crippen LogP contribution in [0.25, 0.3) is 43.6 Å². The molecule has 0 unspecified atom stereocenters. The largest absolute Gasteiger partial charge is 0.508 e. The van der Waals surface area contributed by atoms with E-state index in [0.717, 1.165) is 54.7 Å². The predicted molar refractivity (Wildman–Crippen MR) is 98.0 cm³/mol. The molecule has 1 amide bonds. The lowest BCUT2D eigenvalue weighted by atomic mass is 9.97. The molecule has 5 heteroatoms. The zero-order chi connectivity index (χ0) is 16.7. The molecule has 0 saturated heterocycles. The maximum atomic E-state index is 12.6. The van der Waals surface area contributed by atoms with Gasteiger partial charge in [-0.25, -0.2) is 0 Å². The highest BCUT2D eigenvalue weighted by molar-refractivity contribution is 6.30. The normalized spacial score (nSPS) is 14.0. The molecule has 0 bridgehead atoms. The molecule has 0 atom stereocenters.